The molecule has 5 atom stereocenters. The molecule has 1 saturated carbocycles. The number of aliphatic hydroxyl groups is 1. The van der Waals surface area contributed by atoms with Gasteiger partial charge in [0.1, 0.15) is 0 Å². The Labute approximate surface area is 116 Å². The van der Waals surface area contributed by atoms with Gasteiger partial charge in [-0.15, -0.1) is 6.58 Å². The maximum Gasteiger partial charge on any atom is 0.0760 e. The molecule has 3 rings (SSSR count). The first-order valence-corrected chi connectivity index (χ1v) is 7.62. The zero-order chi connectivity index (χ0) is 13.7. The predicted octanol–water partition coefficient (Wildman–Crippen LogP) is 3.47. The lowest BCUT2D eigenvalue weighted by molar-refractivity contribution is -0.0757. The van der Waals surface area contributed by atoms with Crippen molar-refractivity contribution in [3.63, 3.8) is 0 Å². The lowest BCUT2D eigenvalue weighted by atomic mass is 9.48. The summed E-state index contributed by atoms with van der Waals surface area (Å²) in [4.78, 5) is 0. The fraction of sp³-hybridized carbons (Fsp3) is 0.765. The number of allylic oxidation sites excluding steroid dienone is 1. The molecule has 1 aliphatic heterocycles. The van der Waals surface area contributed by atoms with E-state index in [9.17, 15) is 5.11 Å². The van der Waals surface area contributed by atoms with Crippen molar-refractivity contribution in [2.45, 2.75) is 58.2 Å². The summed E-state index contributed by atoms with van der Waals surface area (Å²) in [6, 6.07) is 0. The van der Waals surface area contributed by atoms with Gasteiger partial charge in [0.15, 0.2) is 0 Å². The van der Waals surface area contributed by atoms with Crippen LogP contribution in [0.25, 0.3) is 0 Å². The van der Waals surface area contributed by atoms with E-state index in [-0.39, 0.29) is 18.1 Å². The summed E-state index contributed by atoms with van der Waals surface area (Å²) in [5.41, 5.74) is 1.77. The molecule has 0 bridgehead atoms. The van der Waals surface area contributed by atoms with E-state index in [1.165, 1.54) is 18.4 Å². The molecule has 106 valence electrons. The average molecular weight is 262 g/mol. The van der Waals surface area contributed by atoms with Crippen LogP contribution in [-0.2, 0) is 4.74 Å². The maximum absolute atomic E-state index is 9.44. The minimum absolute atomic E-state index is 0.226. The van der Waals surface area contributed by atoms with E-state index in [4.69, 9.17) is 4.74 Å². The molecule has 0 radical (unpaired) electrons. The Morgan fingerprint density at radius 1 is 1.47 bits per heavy atom. The quantitative estimate of drug-likeness (QED) is 0.772. The van der Waals surface area contributed by atoms with Gasteiger partial charge in [-0.25, -0.2) is 0 Å². The lowest BCUT2D eigenvalue weighted by Crippen LogP contribution is -2.51. The first-order valence-electron chi connectivity index (χ1n) is 7.62. The molecule has 2 heteroatoms. The van der Waals surface area contributed by atoms with Gasteiger partial charge in [-0.05, 0) is 54.4 Å². The van der Waals surface area contributed by atoms with Crippen molar-refractivity contribution in [2.75, 3.05) is 6.61 Å². The van der Waals surface area contributed by atoms with E-state index in [2.05, 4.69) is 26.5 Å². The van der Waals surface area contributed by atoms with E-state index in [0.29, 0.717) is 17.4 Å². The normalized spacial score (nSPS) is 49.2. The van der Waals surface area contributed by atoms with Gasteiger partial charge >= 0.3 is 0 Å². The van der Waals surface area contributed by atoms with Crippen LogP contribution < -0.4 is 0 Å². The van der Waals surface area contributed by atoms with Gasteiger partial charge < -0.3 is 9.84 Å². The second-order valence-electron chi connectivity index (χ2n) is 7.13. The molecule has 0 spiro atoms. The van der Waals surface area contributed by atoms with Gasteiger partial charge in [0, 0.05) is 0 Å². The first kappa shape index (κ1) is 13.4. The van der Waals surface area contributed by atoms with Crippen molar-refractivity contribution in [1.82, 2.24) is 0 Å². The van der Waals surface area contributed by atoms with Gasteiger partial charge in [-0.1, -0.05) is 26.0 Å². The second-order valence-corrected chi connectivity index (χ2v) is 7.13. The molecule has 1 N–H and O–H groups in total. The number of rotatable bonds is 2. The maximum atomic E-state index is 9.44. The molecular formula is C17H26O2. The Kier molecular flexibility index (Phi) is 3.14. The largest absolute Gasteiger partial charge is 0.392 e. The number of ether oxygens (including phenoxy) is 1. The molecule has 1 heterocycles. The summed E-state index contributed by atoms with van der Waals surface area (Å²) in [6.07, 6.45) is 10.7. The van der Waals surface area contributed by atoms with Crippen molar-refractivity contribution in [1.29, 1.82) is 0 Å². The smallest absolute Gasteiger partial charge is 0.0760 e. The lowest BCUT2D eigenvalue weighted by Gasteiger charge is -2.56. The van der Waals surface area contributed by atoms with Crippen LogP contribution >= 0.6 is 0 Å². The Hall–Kier alpha value is -0.600. The molecule has 1 saturated heterocycles. The molecule has 0 aromatic heterocycles. The SMILES string of the molecule is C=C[C@@H]1CC2[C@H](CC[C@]3(C)C=C(CO)CC[C@]23C)O1. The standard InChI is InChI=1S/C17H26O2/c1-4-13-9-14-15(19-13)6-7-16(2)10-12(11-18)5-8-17(14,16)3/h4,10,13-15,18H,1,5-9,11H2,2-3H3/t13-,14?,15+,16-,17-/m1/s1. The predicted molar refractivity (Wildman–Crippen MR) is 76.8 cm³/mol. The van der Waals surface area contributed by atoms with Gasteiger partial charge in [0.05, 0.1) is 18.8 Å². The molecule has 2 fully saturated rings. The van der Waals surface area contributed by atoms with E-state index in [1.807, 2.05) is 6.08 Å². The van der Waals surface area contributed by atoms with Crippen LogP contribution in [0.3, 0.4) is 0 Å². The van der Waals surface area contributed by atoms with Gasteiger partial charge in [0.25, 0.3) is 0 Å². The second kappa shape index (κ2) is 4.46. The first-order chi connectivity index (χ1) is 9.02. The number of aliphatic hydroxyl groups excluding tert-OH is 1. The fourth-order valence-corrected chi connectivity index (χ4v) is 4.80. The van der Waals surface area contributed by atoms with Gasteiger partial charge in [-0.3, -0.25) is 0 Å². The minimum Gasteiger partial charge on any atom is -0.392 e. The number of hydrogen-bond donors (Lipinski definition) is 1. The highest BCUT2D eigenvalue weighted by Crippen LogP contribution is 2.63. The Balaban J connectivity index is 1.94. The van der Waals surface area contributed by atoms with Crippen molar-refractivity contribution >= 4 is 0 Å². The van der Waals surface area contributed by atoms with Crippen LogP contribution in [0.1, 0.15) is 46.0 Å². The van der Waals surface area contributed by atoms with Crippen molar-refractivity contribution < 1.29 is 9.84 Å². The Bertz CT molecular complexity index is 413. The third-order valence-electron chi connectivity index (χ3n) is 6.31. The van der Waals surface area contributed by atoms with E-state index in [1.54, 1.807) is 0 Å². The van der Waals surface area contributed by atoms with Crippen LogP contribution in [0.15, 0.2) is 24.3 Å². The highest BCUT2D eigenvalue weighted by Gasteiger charge is 2.57. The minimum atomic E-state index is 0.226. The van der Waals surface area contributed by atoms with Gasteiger partial charge in [0.2, 0.25) is 0 Å². The molecule has 2 aliphatic carbocycles. The highest BCUT2D eigenvalue weighted by atomic mass is 16.5. The summed E-state index contributed by atoms with van der Waals surface area (Å²) in [5.74, 6) is 0.644. The highest BCUT2D eigenvalue weighted by molar-refractivity contribution is 5.22. The molecule has 2 nitrogen and oxygen atoms in total. The van der Waals surface area contributed by atoms with Crippen molar-refractivity contribution in [3.8, 4) is 0 Å². The third kappa shape index (κ3) is 1.84. The van der Waals surface area contributed by atoms with Crippen LogP contribution in [-0.4, -0.2) is 23.9 Å². The zero-order valence-electron chi connectivity index (χ0n) is 12.2. The van der Waals surface area contributed by atoms with E-state index < -0.39 is 0 Å². The molecular weight excluding hydrogens is 236 g/mol. The zero-order valence-corrected chi connectivity index (χ0v) is 12.2. The monoisotopic (exact) mass is 262 g/mol. The average Bonchev–Trinajstić information content (AvgIpc) is 2.84. The van der Waals surface area contributed by atoms with Crippen LogP contribution in [0, 0.1) is 16.7 Å². The van der Waals surface area contributed by atoms with Crippen LogP contribution in [0.4, 0.5) is 0 Å². The Morgan fingerprint density at radius 3 is 2.95 bits per heavy atom. The van der Waals surface area contributed by atoms with Crippen molar-refractivity contribution in [3.05, 3.63) is 24.3 Å². The molecule has 0 aromatic rings. The van der Waals surface area contributed by atoms with Crippen LogP contribution in [0.5, 0.6) is 0 Å². The summed E-state index contributed by atoms with van der Waals surface area (Å²) in [6.45, 7) is 8.96. The molecule has 0 amide bonds. The molecule has 19 heavy (non-hydrogen) atoms. The summed E-state index contributed by atoms with van der Waals surface area (Å²) >= 11 is 0. The number of hydrogen-bond acceptors (Lipinski definition) is 2. The van der Waals surface area contributed by atoms with E-state index in [0.717, 1.165) is 19.3 Å². The van der Waals surface area contributed by atoms with Crippen LogP contribution in [0.2, 0.25) is 0 Å². The fourth-order valence-electron chi connectivity index (χ4n) is 4.80. The summed E-state index contributed by atoms with van der Waals surface area (Å²) < 4.78 is 6.14. The van der Waals surface area contributed by atoms with E-state index >= 15 is 0 Å². The topological polar surface area (TPSA) is 29.5 Å². The van der Waals surface area contributed by atoms with Crippen molar-refractivity contribution in [2.24, 2.45) is 16.7 Å². The van der Waals surface area contributed by atoms with Gasteiger partial charge in [-0.2, -0.15) is 0 Å². The molecule has 3 aliphatic rings. The Morgan fingerprint density at radius 2 is 2.26 bits per heavy atom. The summed E-state index contributed by atoms with van der Waals surface area (Å²) in [5, 5.41) is 9.44. The number of fused-ring (bicyclic) bond motifs is 3. The summed E-state index contributed by atoms with van der Waals surface area (Å²) in [7, 11) is 0. The third-order valence-corrected chi connectivity index (χ3v) is 6.31. The molecule has 0 aromatic carbocycles. The molecule has 1 unspecified atom stereocenters.